The summed E-state index contributed by atoms with van der Waals surface area (Å²) in [4.78, 5) is 11.3. The van der Waals surface area contributed by atoms with Crippen molar-refractivity contribution in [1.82, 2.24) is 9.97 Å². The van der Waals surface area contributed by atoms with Gasteiger partial charge in [-0.15, -0.1) is 0 Å². The van der Waals surface area contributed by atoms with Gasteiger partial charge in [-0.05, 0) is 19.8 Å². The zero-order valence-corrected chi connectivity index (χ0v) is 13.8. The first kappa shape index (κ1) is 15.5. The number of hydrogen-bond acceptors (Lipinski definition) is 4. The van der Waals surface area contributed by atoms with Crippen LogP contribution in [0.1, 0.15) is 46.4 Å². The average Bonchev–Trinajstić information content (AvgIpc) is 2.37. The van der Waals surface area contributed by atoms with Crippen LogP contribution in [0.4, 0.5) is 5.82 Å². The second-order valence-electron chi connectivity index (χ2n) is 6.80. The number of halogens is 1. The molecule has 0 saturated carbocycles. The van der Waals surface area contributed by atoms with Crippen molar-refractivity contribution in [3.63, 3.8) is 0 Å². The van der Waals surface area contributed by atoms with E-state index in [1.54, 1.807) is 7.11 Å². The summed E-state index contributed by atoms with van der Waals surface area (Å²) in [7, 11) is 1.77. The van der Waals surface area contributed by atoms with Crippen LogP contribution >= 0.6 is 11.6 Å². The van der Waals surface area contributed by atoms with Crippen LogP contribution in [-0.2, 0) is 10.2 Å². The van der Waals surface area contributed by atoms with E-state index >= 15 is 0 Å². The van der Waals surface area contributed by atoms with Crippen molar-refractivity contribution >= 4 is 17.4 Å². The molecular weight excluding hydrogens is 274 g/mol. The van der Waals surface area contributed by atoms with E-state index in [2.05, 4.69) is 37.6 Å². The second-order valence-corrected chi connectivity index (χ2v) is 7.19. The van der Waals surface area contributed by atoms with Gasteiger partial charge in [0.2, 0.25) is 0 Å². The lowest BCUT2D eigenvalue weighted by atomic mass is 9.94. The lowest BCUT2D eigenvalue weighted by molar-refractivity contribution is -0.00483. The number of piperidine rings is 1. The van der Waals surface area contributed by atoms with E-state index in [0.29, 0.717) is 5.15 Å². The van der Waals surface area contributed by atoms with Crippen molar-refractivity contribution in [2.75, 3.05) is 25.1 Å². The summed E-state index contributed by atoms with van der Waals surface area (Å²) in [5, 5.41) is 0.504. The first-order valence-corrected chi connectivity index (χ1v) is 7.46. The molecule has 2 rings (SSSR count). The molecule has 4 nitrogen and oxygen atoms in total. The van der Waals surface area contributed by atoms with Gasteiger partial charge in [-0.2, -0.15) is 0 Å². The number of rotatable bonds is 2. The molecule has 20 heavy (non-hydrogen) atoms. The first-order chi connectivity index (χ1) is 9.23. The minimum absolute atomic E-state index is 0.111. The molecule has 112 valence electrons. The van der Waals surface area contributed by atoms with Gasteiger partial charge in [-0.25, -0.2) is 9.97 Å². The smallest absolute Gasteiger partial charge is 0.137 e. The molecule has 1 aliphatic rings. The van der Waals surface area contributed by atoms with Crippen molar-refractivity contribution in [2.45, 2.75) is 51.6 Å². The maximum absolute atomic E-state index is 6.17. The Kier molecular flexibility index (Phi) is 4.26. The highest BCUT2D eigenvalue weighted by Gasteiger charge is 2.32. The summed E-state index contributed by atoms with van der Waals surface area (Å²) in [6.45, 7) is 10.2. The van der Waals surface area contributed by atoms with Crippen LogP contribution in [0.25, 0.3) is 0 Å². The summed E-state index contributed by atoms with van der Waals surface area (Å²) in [6.07, 6.45) is 2.17. The molecule has 0 radical (unpaired) electrons. The van der Waals surface area contributed by atoms with Crippen LogP contribution in [0, 0.1) is 0 Å². The third kappa shape index (κ3) is 3.41. The largest absolute Gasteiger partial charge is 0.377 e. The minimum Gasteiger partial charge on any atom is -0.377 e. The van der Waals surface area contributed by atoms with E-state index in [9.17, 15) is 0 Å². The molecule has 1 atom stereocenters. The van der Waals surface area contributed by atoms with Crippen molar-refractivity contribution in [3.8, 4) is 0 Å². The van der Waals surface area contributed by atoms with E-state index in [4.69, 9.17) is 21.3 Å². The molecule has 1 fully saturated rings. The molecule has 0 spiro atoms. The van der Waals surface area contributed by atoms with Gasteiger partial charge in [0.05, 0.1) is 5.60 Å². The SMILES string of the molecule is COC1(C)CCCN(c2cc(Cl)nc(C(C)(C)C)n2)C1. The Balaban J connectivity index is 2.31. The summed E-state index contributed by atoms with van der Waals surface area (Å²) in [5.74, 6) is 1.68. The summed E-state index contributed by atoms with van der Waals surface area (Å²) < 4.78 is 5.64. The Bertz CT molecular complexity index is 486. The van der Waals surface area contributed by atoms with Crippen molar-refractivity contribution in [3.05, 3.63) is 17.0 Å². The highest BCUT2D eigenvalue weighted by molar-refractivity contribution is 6.29. The van der Waals surface area contributed by atoms with Crippen LogP contribution in [0.15, 0.2) is 6.07 Å². The van der Waals surface area contributed by atoms with Crippen molar-refractivity contribution < 1.29 is 4.74 Å². The van der Waals surface area contributed by atoms with Crippen LogP contribution in [-0.4, -0.2) is 35.8 Å². The van der Waals surface area contributed by atoms with Gasteiger partial charge >= 0.3 is 0 Å². The topological polar surface area (TPSA) is 38.2 Å². The zero-order chi connectivity index (χ0) is 15.0. The van der Waals surface area contributed by atoms with E-state index < -0.39 is 0 Å². The third-order valence-electron chi connectivity index (χ3n) is 3.83. The molecule has 0 bridgehead atoms. The molecule has 5 heteroatoms. The van der Waals surface area contributed by atoms with Gasteiger partial charge in [0.1, 0.15) is 16.8 Å². The molecule has 2 heterocycles. The average molecular weight is 298 g/mol. The number of aromatic nitrogens is 2. The van der Waals surface area contributed by atoms with Gasteiger partial charge < -0.3 is 9.64 Å². The van der Waals surface area contributed by atoms with Crippen molar-refractivity contribution in [1.29, 1.82) is 0 Å². The molecule has 1 unspecified atom stereocenters. The molecule has 0 aliphatic carbocycles. The Hall–Kier alpha value is -0.870. The van der Waals surface area contributed by atoms with E-state index in [0.717, 1.165) is 37.6 Å². The van der Waals surface area contributed by atoms with Crippen molar-refractivity contribution in [2.24, 2.45) is 0 Å². The Morgan fingerprint density at radius 1 is 1.35 bits per heavy atom. The highest BCUT2D eigenvalue weighted by Crippen LogP contribution is 2.29. The molecule has 1 aromatic heterocycles. The minimum atomic E-state index is -0.114. The Labute approximate surface area is 126 Å². The highest BCUT2D eigenvalue weighted by atomic mass is 35.5. The van der Waals surface area contributed by atoms with Crippen LogP contribution in [0.2, 0.25) is 5.15 Å². The lowest BCUT2D eigenvalue weighted by Gasteiger charge is -2.40. The van der Waals surface area contributed by atoms with Gasteiger partial charge in [-0.1, -0.05) is 32.4 Å². The number of ether oxygens (including phenoxy) is 1. The number of nitrogens with zero attached hydrogens (tertiary/aromatic N) is 3. The van der Waals surface area contributed by atoms with Gasteiger partial charge in [0, 0.05) is 31.7 Å². The van der Waals surface area contributed by atoms with Gasteiger partial charge in [0.15, 0.2) is 0 Å². The monoisotopic (exact) mass is 297 g/mol. The quantitative estimate of drug-likeness (QED) is 0.784. The number of anilines is 1. The van der Waals surface area contributed by atoms with Crippen LogP contribution in [0.5, 0.6) is 0 Å². The number of hydrogen-bond donors (Lipinski definition) is 0. The van der Waals surface area contributed by atoms with Gasteiger partial charge in [-0.3, -0.25) is 0 Å². The molecular formula is C15H24ClN3O. The maximum atomic E-state index is 6.17. The first-order valence-electron chi connectivity index (χ1n) is 7.09. The maximum Gasteiger partial charge on any atom is 0.137 e. The van der Waals surface area contributed by atoms with E-state index in [1.165, 1.54) is 0 Å². The summed E-state index contributed by atoms with van der Waals surface area (Å²) >= 11 is 6.17. The lowest BCUT2D eigenvalue weighted by Crippen LogP contribution is -2.47. The normalized spacial score (nSPS) is 24.0. The number of methoxy groups -OCH3 is 1. The fourth-order valence-corrected chi connectivity index (χ4v) is 2.65. The molecule has 0 N–H and O–H groups in total. The van der Waals surface area contributed by atoms with Gasteiger partial charge in [0.25, 0.3) is 0 Å². The fraction of sp³-hybridized carbons (Fsp3) is 0.733. The molecule has 0 aromatic carbocycles. The molecule has 0 amide bonds. The Morgan fingerprint density at radius 3 is 2.65 bits per heavy atom. The van der Waals surface area contributed by atoms with Crippen LogP contribution < -0.4 is 4.90 Å². The molecule has 1 aliphatic heterocycles. The Morgan fingerprint density at radius 2 is 2.05 bits per heavy atom. The second kappa shape index (κ2) is 5.49. The third-order valence-corrected chi connectivity index (χ3v) is 4.02. The van der Waals surface area contributed by atoms with E-state index in [1.807, 2.05) is 6.07 Å². The standard InChI is InChI=1S/C15H24ClN3O/c1-14(2,3)13-17-11(16)9-12(18-13)19-8-6-7-15(4,10-19)20-5/h9H,6-8,10H2,1-5H3. The summed E-state index contributed by atoms with van der Waals surface area (Å²) in [6, 6.07) is 1.85. The summed E-state index contributed by atoms with van der Waals surface area (Å²) in [5.41, 5.74) is -0.225. The predicted octanol–water partition coefficient (Wildman–Crippen LogP) is 3.43. The molecule has 1 saturated heterocycles. The predicted molar refractivity (Wildman–Crippen MR) is 82.6 cm³/mol. The zero-order valence-electron chi connectivity index (χ0n) is 13.0. The van der Waals surface area contributed by atoms with E-state index in [-0.39, 0.29) is 11.0 Å². The van der Waals surface area contributed by atoms with Crippen LogP contribution in [0.3, 0.4) is 0 Å². The molecule has 1 aromatic rings. The fourth-order valence-electron chi connectivity index (χ4n) is 2.47.